The van der Waals surface area contributed by atoms with Crippen molar-refractivity contribution >= 4 is 23.5 Å². The third kappa shape index (κ3) is 4.71. The average molecular weight is 522 g/mol. The van der Waals surface area contributed by atoms with Gasteiger partial charge < -0.3 is 14.8 Å². The van der Waals surface area contributed by atoms with Gasteiger partial charge in [0.15, 0.2) is 17.3 Å². The molecule has 1 saturated heterocycles. The van der Waals surface area contributed by atoms with Gasteiger partial charge in [-0.25, -0.2) is 0 Å². The first kappa shape index (κ1) is 25.4. The molecule has 2 aliphatic heterocycles. The third-order valence-electron chi connectivity index (χ3n) is 7.52. The fourth-order valence-electron chi connectivity index (χ4n) is 5.90. The van der Waals surface area contributed by atoms with Crippen LogP contribution >= 0.6 is 0 Å². The molecule has 1 saturated carbocycles. The highest BCUT2D eigenvalue weighted by molar-refractivity contribution is 6.09. The summed E-state index contributed by atoms with van der Waals surface area (Å²) in [5.41, 5.74) is 0.604. The van der Waals surface area contributed by atoms with E-state index in [1.807, 2.05) is 18.2 Å². The molecule has 2 aromatic carbocycles. The van der Waals surface area contributed by atoms with Gasteiger partial charge >= 0.3 is 0 Å². The van der Waals surface area contributed by atoms with E-state index in [0.717, 1.165) is 5.56 Å². The Bertz CT molecular complexity index is 1340. The van der Waals surface area contributed by atoms with Crippen LogP contribution < -0.4 is 14.8 Å². The van der Waals surface area contributed by atoms with E-state index in [1.165, 1.54) is 24.3 Å². The number of ketones is 1. The van der Waals surface area contributed by atoms with Crippen LogP contribution in [0.15, 0.2) is 48.5 Å². The van der Waals surface area contributed by atoms with Gasteiger partial charge in [0.2, 0.25) is 17.7 Å². The van der Waals surface area contributed by atoms with Crippen molar-refractivity contribution < 1.29 is 28.9 Å². The Morgan fingerprint density at radius 1 is 1.08 bits per heavy atom. The van der Waals surface area contributed by atoms with Crippen molar-refractivity contribution in [3.8, 4) is 11.5 Å². The maximum Gasteiger partial charge on any atom is 0.280 e. The first-order valence-corrected chi connectivity index (χ1v) is 12.5. The van der Waals surface area contributed by atoms with E-state index in [0.29, 0.717) is 18.6 Å². The first-order valence-electron chi connectivity index (χ1n) is 12.5. The van der Waals surface area contributed by atoms with Crippen molar-refractivity contribution in [3.05, 3.63) is 79.9 Å². The van der Waals surface area contributed by atoms with Crippen LogP contribution in [-0.4, -0.2) is 39.4 Å². The van der Waals surface area contributed by atoms with E-state index in [-0.39, 0.29) is 40.3 Å². The number of carbonyl (C=O) groups excluding carboxylic acids is 2. The Hall–Kier alpha value is -4.28. The smallest absolute Gasteiger partial charge is 0.280 e. The van der Waals surface area contributed by atoms with Crippen molar-refractivity contribution in [2.75, 3.05) is 0 Å². The highest BCUT2D eigenvalue weighted by atomic mass is 16.7. The minimum absolute atomic E-state index is 0.125. The molecule has 2 heterocycles. The lowest BCUT2D eigenvalue weighted by Gasteiger charge is -2.45. The zero-order chi connectivity index (χ0) is 27.2. The van der Waals surface area contributed by atoms with Crippen molar-refractivity contribution in [2.24, 2.45) is 11.8 Å². The zero-order valence-corrected chi connectivity index (χ0v) is 20.9. The van der Waals surface area contributed by atoms with Gasteiger partial charge in [0.1, 0.15) is 5.92 Å². The number of hydrogen-bond acceptors (Lipinski definition) is 8. The number of carbonyl (C=O) groups is 2. The van der Waals surface area contributed by atoms with Crippen LogP contribution in [0, 0.1) is 32.1 Å². The van der Waals surface area contributed by atoms with E-state index in [1.54, 1.807) is 26.0 Å². The summed E-state index contributed by atoms with van der Waals surface area (Å²) < 4.78 is 11.3. The summed E-state index contributed by atoms with van der Waals surface area (Å²) in [6, 6.07) is 10.7. The molecule has 1 amide bonds. The standard InChI is InChI=1S/C27H27N3O8/c1-27(2)37-22-12-16(20(30(35)36)14-23(22)38-27)8-11-21(31)25-24(15-6-4-3-5-7-15)18-13-17(29(33)34)9-10-19(18)28-26(25)32/h3-8,11-12,14,17-19,24-25H,9-10,13H2,1-2H3,(H,28,32)/b11-8+. The number of amides is 1. The molecule has 0 spiro atoms. The number of fused-ring (bicyclic) bond motifs is 2. The monoisotopic (exact) mass is 521 g/mol. The SMILES string of the molecule is CC1(C)Oc2cc(/C=C/C(=O)C3C(=O)NC4CCC([N+](=O)[O-])CC4C3c3ccccc3)c([N+](=O)[O-])cc2O1. The van der Waals surface area contributed by atoms with Gasteiger partial charge in [0, 0.05) is 43.6 Å². The van der Waals surface area contributed by atoms with Gasteiger partial charge in [-0.15, -0.1) is 0 Å². The predicted octanol–water partition coefficient (Wildman–Crippen LogP) is 4.03. The van der Waals surface area contributed by atoms with Crippen molar-refractivity contribution in [2.45, 2.75) is 56.9 Å². The summed E-state index contributed by atoms with van der Waals surface area (Å²) >= 11 is 0. The summed E-state index contributed by atoms with van der Waals surface area (Å²) in [4.78, 5) is 49.3. The van der Waals surface area contributed by atoms with E-state index in [4.69, 9.17) is 9.47 Å². The second-order valence-corrected chi connectivity index (χ2v) is 10.4. The lowest BCUT2D eigenvalue weighted by molar-refractivity contribution is -0.528. The summed E-state index contributed by atoms with van der Waals surface area (Å²) in [7, 11) is 0. The summed E-state index contributed by atoms with van der Waals surface area (Å²) in [5, 5.41) is 26.2. The molecule has 0 aromatic heterocycles. The molecule has 0 bridgehead atoms. The molecule has 38 heavy (non-hydrogen) atoms. The van der Waals surface area contributed by atoms with Crippen LogP contribution in [0.3, 0.4) is 0 Å². The Morgan fingerprint density at radius 3 is 2.42 bits per heavy atom. The summed E-state index contributed by atoms with van der Waals surface area (Å²) in [6.45, 7) is 3.34. The lowest BCUT2D eigenvalue weighted by atomic mass is 9.64. The number of nitro groups is 2. The number of nitro benzene ring substituents is 1. The lowest BCUT2D eigenvalue weighted by Crippen LogP contribution is -2.58. The van der Waals surface area contributed by atoms with Crippen LogP contribution in [-0.2, 0) is 9.59 Å². The molecule has 0 radical (unpaired) electrons. The third-order valence-corrected chi connectivity index (χ3v) is 7.52. The molecule has 2 aromatic rings. The minimum Gasteiger partial charge on any atom is -0.449 e. The van der Waals surface area contributed by atoms with E-state index in [9.17, 15) is 29.8 Å². The van der Waals surface area contributed by atoms with E-state index >= 15 is 0 Å². The fraction of sp³-hybridized carbons (Fsp3) is 0.407. The molecule has 11 nitrogen and oxygen atoms in total. The van der Waals surface area contributed by atoms with Gasteiger partial charge in [0.05, 0.1) is 16.6 Å². The first-order chi connectivity index (χ1) is 18.0. The number of nitrogens with one attached hydrogen (secondary N) is 1. The molecular weight excluding hydrogens is 494 g/mol. The second kappa shape index (κ2) is 9.55. The Labute approximate surface area is 218 Å². The van der Waals surface area contributed by atoms with Crippen LogP contribution in [0.25, 0.3) is 6.08 Å². The fourth-order valence-corrected chi connectivity index (χ4v) is 5.90. The topological polar surface area (TPSA) is 151 Å². The van der Waals surface area contributed by atoms with Crippen molar-refractivity contribution in [1.29, 1.82) is 0 Å². The molecule has 3 aliphatic rings. The Balaban J connectivity index is 1.49. The van der Waals surface area contributed by atoms with E-state index < -0.39 is 40.3 Å². The maximum absolute atomic E-state index is 13.6. The largest absolute Gasteiger partial charge is 0.449 e. The van der Waals surface area contributed by atoms with Crippen molar-refractivity contribution in [3.63, 3.8) is 0 Å². The quantitative estimate of drug-likeness (QED) is 0.259. The molecule has 5 rings (SSSR count). The predicted molar refractivity (Wildman–Crippen MR) is 135 cm³/mol. The van der Waals surface area contributed by atoms with Gasteiger partial charge in [-0.3, -0.25) is 29.8 Å². The molecule has 1 aliphatic carbocycles. The highest BCUT2D eigenvalue weighted by Crippen LogP contribution is 2.46. The highest BCUT2D eigenvalue weighted by Gasteiger charge is 2.51. The van der Waals surface area contributed by atoms with Gasteiger partial charge in [-0.05, 0) is 36.1 Å². The average Bonchev–Trinajstić information content (AvgIpc) is 3.18. The van der Waals surface area contributed by atoms with Crippen LogP contribution in [0.4, 0.5) is 5.69 Å². The van der Waals surface area contributed by atoms with Crippen LogP contribution in [0.1, 0.15) is 50.2 Å². The molecule has 198 valence electrons. The van der Waals surface area contributed by atoms with E-state index in [2.05, 4.69) is 5.32 Å². The van der Waals surface area contributed by atoms with Gasteiger partial charge in [-0.1, -0.05) is 30.3 Å². The normalized spacial score (nSPS) is 27.4. The Morgan fingerprint density at radius 2 is 1.76 bits per heavy atom. The summed E-state index contributed by atoms with van der Waals surface area (Å²) in [5.74, 6) is -3.44. The Kier molecular flexibility index (Phi) is 6.38. The number of piperidine rings is 1. The zero-order valence-electron chi connectivity index (χ0n) is 20.9. The number of nitrogens with zero attached hydrogens (tertiary/aromatic N) is 2. The minimum atomic E-state index is -1.13. The van der Waals surface area contributed by atoms with Gasteiger partial charge in [-0.2, -0.15) is 0 Å². The van der Waals surface area contributed by atoms with Crippen molar-refractivity contribution in [1.82, 2.24) is 5.32 Å². The molecular formula is C27H27N3O8. The van der Waals surface area contributed by atoms with Crippen LogP contribution in [0.5, 0.6) is 11.5 Å². The molecule has 11 heteroatoms. The van der Waals surface area contributed by atoms with Gasteiger partial charge in [0.25, 0.3) is 5.69 Å². The number of benzene rings is 2. The number of allylic oxidation sites excluding steroid dienone is 1. The summed E-state index contributed by atoms with van der Waals surface area (Å²) in [6.07, 6.45) is 3.54. The molecule has 1 N–H and O–H groups in total. The molecule has 5 unspecified atom stereocenters. The second-order valence-electron chi connectivity index (χ2n) is 10.4. The number of rotatable bonds is 6. The molecule has 2 fully saturated rings. The number of hydrogen-bond donors (Lipinski definition) is 1. The maximum atomic E-state index is 13.6. The molecule has 5 atom stereocenters. The van der Waals surface area contributed by atoms with Crippen LogP contribution in [0.2, 0.25) is 0 Å². The number of ether oxygens (including phenoxy) is 2.